The van der Waals surface area contributed by atoms with Crippen molar-refractivity contribution in [2.45, 2.75) is 13.8 Å². The van der Waals surface area contributed by atoms with Crippen LogP contribution in [-0.4, -0.2) is 63.8 Å². The third kappa shape index (κ3) is 2.85. The number of rotatable bonds is 6. The van der Waals surface area contributed by atoms with E-state index < -0.39 is 16.1 Å². The second-order valence-corrected chi connectivity index (χ2v) is 12.3. The van der Waals surface area contributed by atoms with Crippen molar-refractivity contribution in [2.75, 3.05) is 46.2 Å². The Hall–Kier alpha value is 0.180. The van der Waals surface area contributed by atoms with Gasteiger partial charge in [-0.15, -0.1) is 0 Å². The molecule has 0 aromatic heterocycles. The van der Waals surface area contributed by atoms with Gasteiger partial charge in [0.25, 0.3) is 0 Å². The predicted octanol–water partition coefficient (Wildman–Crippen LogP) is 0.557. The first kappa shape index (κ1) is 16.2. The van der Waals surface area contributed by atoms with Crippen LogP contribution in [0.2, 0.25) is 0 Å². The SMILES string of the molecule is CCOP(C)(O)(OCC)S(=O)(=O)N1CCOCC1. The Morgan fingerprint density at radius 2 is 1.67 bits per heavy atom. The third-order valence-electron chi connectivity index (χ3n) is 2.66. The van der Waals surface area contributed by atoms with Gasteiger partial charge in [-0.1, -0.05) is 0 Å². The maximum absolute atomic E-state index is 12.5. The van der Waals surface area contributed by atoms with E-state index in [1.165, 1.54) is 4.31 Å². The molecule has 1 N–H and O–H groups in total. The predicted molar refractivity (Wildman–Crippen MR) is 69.6 cm³/mol. The van der Waals surface area contributed by atoms with Crippen LogP contribution in [0.15, 0.2) is 0 Å². The fraction of sp³-hybridized carbons (Fsp3) is 1.00. The van der Waals surface area contributed by atoms with E-state index in [1.807, 2.05) is 0 Å². The first-order valence-electron chi connectivity index (χ1n) is 5.91. The van der Waals surface area contributed by atoms with E-state index in [1.54, 1.807) is 13.8 Å². The molecule has 9 heteroatoms. The Labute approximate surface area is 108 Å². The number of hydrogen-bond donors (Lipinski definition) is 1. The number of morpholine rings is 1. The van der Waals surface area contributed by atoms with Gasteiger partial charge in [-0.3, -0.25) is 0 Å². The summed E-state index contributed by atoms with van der Waals surface area (Å²) in [5.41, 5.74) is 0. The van der Waals surface area contributed by atoms with Crippen molar-refractivity contribution in [3.05, 3.63) is 0 Å². The van der Waals surface area contributed by atoms with Gasteiger partial charge in [0, 0.05) is 0 Å². The molecule has 1 aliphatic heterocycles. The molecule has 1 aliphatic rings. The van der Waals surface area contributed by atoms with Gasteiger partial charge in [0.1, 0.15) is 0 Å². The third-order valence-corrected chi connectivity index (χ3v) is 10.9. The Morgan fingerprint density at radius 1 is 1.22 bits per heavy atom. The summed E-state index contributed by atoms with van der Waals surface area (Å²) < 4.78 is 41.7. The van der Waals surface area contributed by atoms with Crippen molar-refractivity contribution in [1.29, 1.82) is 0 Å². The van der Waals surface area contributed by atoms with E-state index in [0.717, 1.165) is 6.66 Å². The number of ether oxygens (including phenoxy) is 1. The topological polar surface area (TPSA) is 85.3 Å². The van der Waals surface area contributed by atoms with E-state index in [0.29, 0.717) is 13.2 Å². The molecule has 7 nitrogen and oxygen atoms in total. The summed E-state index contributed by atoms with van der Waals surface area (Å²) in [6.07, 6.45) is 0. The van der Waals surface area contributed by atoms with Gasteiger partial charge in [0.15, 0.2) is 0 Å². The summed E-state index contributed by atoms with van der Waals surface area (Å²) in [4.78, 5) is 10.6. The average molecular weight is 303 g/mol. The van der Waals surface area contributed by atoms with Gasteiger partial charge in [0.2, 0.25) is 0 Å². The van der Waals surface area contributed by atoms with E-state index in [4.69, 9.17) is 13.8 Å². The quantitative estimate of drug-likeness (QED) is 0.722. The molecule has 0 unspecified atom stereocenters. The molecule has 0 spiro atoms. The molecule has 0 aliphatic carbocycles. The zero-order valence-corrected chi connectivity index (χ0v) is 12.7. The van der Waals surface area contributed by atoms with Crippen LogP contribution in [0.3, 0.4) is 0 Å². The fourth-order valence-corrected chi connectivity index (χ4v) is 7.93. The van der Waals surface area contributed by atoms with Crippen molar-refractivity contribution in [3.8, 4) is 0 Å². The summed E-state index contributed by atoms with van der Waals surface area (Å²) in [5, 5.41) is 0. The van der Waals surface area contributed by atoms with Gasteiger partial charge in [-0.05, 0) is 0 Å². The molecular weight excluding hydrogens is 281 g/mol. The van der Waals surface area contributed by atoms with Gasteiger partial charge < -0.3 is 0 Å². The van der Waals surface area contributed by atoms with Crippen LogP contribution in [-0.2, 0) is 23.4 Å². The normalized spacial score (nSPS) is 21.4. The van der Waals surface area contributed by atoms with Gasteiger partial charge in [-0.25, -0.2) is 0 Å². The van der Waals surface area contributed by atoms with Gasteiger partial charge >= 0.3 is 108 Å². The second kappa shape index (κ2) is 5.66. The van der Waals surface area contributed by atoms with Crippen molar-refractivity contribution in [2.24, 2.45) is 0 Å². The molecule has 0 bridgehead atoms. The fourth-order valence-electron chi connectivity index (χ4n) is 1.79. The summed E-state index contributed by atoms with van der Waals surface area (Å²) >= 11 is 0. The van der Waals surface area contributed by atoms with E-state index in [-0.39, 0.29) is 26.3 Å². The summed E-state index contributed by atoms with van der Waals surface area (Å²) in [5.74, 6) is 0. The van der Waals surface area contributed by atoms with Gasteiger partial charge in [0.05, 0.1) is 0 Å². The Bertz CT molecular complexity index is 369. The zero-order chi connectivity index (χ0) is 13.9. The summed E-state index contributed by atoms with van der Waals surface area (Å²) in [7, 11) is -4.05. The average Bonchev–Trinajstić information content (AvgIpc) is 2.30. The Kier molecular flexibility index (Phi) is 5.11. The minimum absolute atomic E-state index is 0.0639. The maximum atomic E-state index is 12.5. The second-order valence-electron chi connectivity index (χ2n) is 4.04. The van der Waals surface area contributed by atoms with E-state index in [2.05, 4.69) is 0 Å². The Balaban J connectivity index is 3.10. The molecule has 1 rings (SSSR count). The van der Waals surface area contributed by atoms with Gasteiger partial charge in [-0.2, -0.15) is 0 Å². The summed E-state index contributed by atoms with van der Waals surface area (Å²) in [6.45, 7) is 0.843. The molecule has 110 valence electrons. The van der Waals surface area contributed by atoms with E-state index >= 15 is 0 Å². The molecule has 0 atom stereocenters. The monoisotopic (exact) mass is 303 g/mol. The van der Waals surface area contributed by atoms with Crippen LogP contribution in [0.1, 0.15) is 13.8 Å². The number of hydrogen-bond acceptors (Lipinski definition) is 6. The molecule has 0 aromatic rings. The molecule has 0 aromatic carbocycles. The first-order chi connectivity index (χ1) is 8.27. The van der Waals surface area contributed by atoms with E-state index in [9.17, 15) is 13.3 Å². The zero-order valence-electron chi connectivity index (χ0n) is 11.0. The molecule has 1 heterocycles. The molecular formula is C9H22NO6PS. The Morgan fingerprint density at radius 3 is 2.06 bits per heavy atom. The van der Waals surface area contributed by atoms with Crippen molar-refractivity contribution in [3.63, 3.8) is 0 Å². The van der Waals surface area contributed by atoms with Crippen molar-refractivity contribution < 1.29 is 27.1 Å². The van der Waals surface area contributed by atoms with Crippen LogP contribution in [0.5, 0.6) is 0 Å². The molecule has 1 saturated heterocycles. The van der Waals surface area contributed by atoms with Crippen molar-refractivity contribution >= 4 is 16.1 Å². The molecule has 0 amide bonds. The van der Waals surface area contributed by atoms with Crippen LogP contribution in [0.25, 0.3) is 0 Å². The molecule has 0 radical (unpaired) electrons. The molecule has 0 saturated carbocycles. The molecule has 1 fully saturated rings. The summed E-state index contributed by atoms with van der Waals surface area (Å²) in [6, 6.07) is 0. The van der Waals surface area contributed by atoms with Crippen LogP contribution in [0.4, 0.5) is 0 Å². The van der Waals surface area contributed by atoms with Crippen LogP contribution in [0, 0.1) is 0 Å². The first-order valence-corrected chi connectivity index (χ1v) is 10.4. The molecule has 18 heavy (non-hydrogen) atoms. The number of nitrogens with zero attached hydrogens (tertiary/aromatic N) is 1. The van der Waals surface area contributed by atoms with Crippen molar-refractivity contribution in [1.82, 2.24) is 4.31 Å². The minimum atomic E-state index is -4.71. The van der Waals surface area contributed by atoms with Crippen LogP contribution < -0.4 is 0 Å². The van der Waals surface area contributed by atoms with Crippen LogP contribution >= 0.6 is 6.49 Å². The standard InChI is InChI=1S/C9H22NO6PS/c1-4-15-17(3,11,16-5-2)18(12,13)10-6-8-14-9-7-10/h11H,4-9H2,1-3H3.